The number of benzene rings is 1. The summed E-state index contributed by atoms with van der Waals surface area (Å²) in [5.74, 6) is -1.02. The fourth-order valence-electron chi connectivity index (χ4n) is 2.06. The molecule has 0 spiro atoms. The Kier molecular flexibility index (Phi) is 4.35. The fraction of sp³-hybridized carbons (Fsp3) is 0.357. The lowest BCUT2D eigenvalue weighted by Crippen LogP contribution is -2.41. The minimum atomic E-state index is -1.02. The molecule has 1 aromatic rings. The van der Waals surface area contributed by atoms with E-state index in [2.05, 4.69) is 10.6 Å². The molecule has 118 valence electrons. The van der Waals surface area contributed by atoms with Gasteiger partial charge in [0.2, 0.25) is 5.91 Å². The van der Waals surface area contributed by atoms with Crippen molar-refractivity contribution < 1.29 is 14.4 Å². The van der Waals surface area contributed by atoms with Crippen LogP contribution in [0.1, 0.15) is 19.4 Å². The summed E-state index contributed by atoms with van der Waals surface area (Å²) in [6.45, 7) is 4.50. The Bertz CT molecular complexity index is 674. The maximum Gasteiger partial charge on any atom is 0.325 e. The van der Waals surface area contributed by atoms with Gasteiger partial charge in [-0.25, -0.2) is 4.79 Å². The predicted octanol–water partition coefficient (Wildman–Crippen LogP) is 2.57. The summed E-state index contributed by atoms with van der Waals surface area (Å²) in [5.41, 5.74) is -0.00663. The quantitative estimate of drug-likeness (QED) is 0.828. The van der Waals surface area contributed by atoms with Crippen molar-refractivity contribution in [2.24, 2.45) is 0 Å². The highest BCUT2D eigenvalue weighted by atomic mass is 35.5. The molecule has 2 N–H and O–H groups in total. The molecule has 1 aliphatic rings. The van der Waals surface area contributed by atoms with Gasteiger partial charge in [-0.3, -0.25) is 14.5 Å². The number of anilines is 1. The van der Waals surface area contributed by atoms with E-state index < -0.39 is 29.9 Å². The van der Waals surface area contributed by atoms with Crippen molar-refractivity contribution in [1.82, 2.24) is 10.2 Å². The van der Waals surface area contributed by atoms with Crippen LogP contribution in [-0.2, 0) is 9.59 Å². The number of hydrogen-bond acceptors (Lipinski definition) is 3. The van der Waals surface area contributed by atoms with Gasteiger partial charge in [0, 0.05) is 0 Å². The number of rotatable bonds is 3. The number of aryl methyl sites for hydroxylation is 1. The van der Waals surface area contributed by atoms with Crippen LogP contribution >= 0.6 is 23.2 Å². The molecule has 1 saturated heterocycles. The molecule has 1 heterocycles. The molecule has 6 nitrogen and oxygen atoms in total. The van der Waals surface area contributed by atoms with Crippen LogP contribution in [0.3, 0.4) is 0 Å². The highest BCUT2D eigenvalue weighted by molar-refractivity contribution is 6.40. The van der Waals surface area contributed by atoms with E-state index in [9.17, 15) is 14.4 Å². The molecule has 4 amide bonds. The van der Waals surface area contributed by atoms with Crippen LogP contribution in [0.4, 0.5) is 10.5 Å². The third-order valence-corrected chi connectivity index (χ3v) is 4.10. The number of hydrogen-bond donors (Lipinski definition) is 2. The third kappa shape index (κ3) is 3.03. The Morgan fingerprint density at radius 1 is 1.32 bits per heavy atom. The van der Waals surface area contributed by atoms with Crippen molar-refractivity contribution in [2.75, 3.05) is 11.9 Å². The van der Waals surface area contributed by atoms with Crippen molar-refractivity contribution in [3.05, 3.63) is 27.7 Å². The molecule has 1 fully saturated rings. The van der Waals surface area contributed by atoms with Gasteiger partial charge in [0.25, 0.3) is 5.91 Å². The number of urea groups is 1. The highest BCUT2D eigenvalue weighted by Gasteiger charge is 2.44. The number of carbonyl (C=O) groups excluding carboxylic acids is 3. The molecule has 2 rings (SSSR count). The molecule has 0 unspecified atom stereocenters. The zero-order chi connectivity index (χ0) is 16.7. The maximum absolute atomic E-state index is 12.1. The molecule has 0 bridgehead atoms. The second kappa shape index (κ2) is 5.78. The van der Waals surface area contributed by atoms with Crippen LogP contribution in [0.15, 0.2) is 12.1 Å². The third-order valence-electron chi connectivity index (χ3n) is 3.29. The van der Waals surface area contributed by atoms with Gasteiger partial charge < -0.3 is 10.6 Å². The summed E-state index contributed by atoms with van der Waals surface area (Å²) in [6, 6.07) is 2.72. The first kappa shape index (κ1) is 16.6. The lowest BCUT2D eigenvalue weighted by molar-refractivity contribution is -0.132. The molecule has 0 atom stereocenters. The molecular formula is C14H15Cl2N3O3. The van der Waals surface area contributed by atoms with Crippen molar-refractivity contribution in [2.45, 2.75) is 26.3 Å². The van der Waals surface area contributed by atoms with E-state index in [1.165, 1.54) is 0 Å². The summed E-state index contributed by atoms with van der Waals surface area (Å²) >= 11 is 12.1. The van der Waals surface area contributed by atoms with Gasteiger partial charge >= 0.3 is 6.03 Å². The summed E-state index contributed by atoms with van der Waals surface area (Å²) in [7, 11) is 0. The first-order valence-electron chi connectivity index (χ1n) is 6.52. The largest absolute Gasteiger partial charge is 0.325 e. The summed E-state index contributed by atoms with van der Waals surface area (Å²) < 4.78 is 0. The monoisotopic (exact) mass is 343 g/mol. The molecule has 0 radical (unpaired) electrons. The van der Waals surface area contributed by atoms with E-state index in [0.717, 1.165) is 10.5 Å². The van der Waals surface area contributed by atoms with E-state index in [-0.39, 0.29) is 10.7 Å². The van der Waals surface area contributed by atoms with Crippen LogP contribution in [-0.4, -0.2) is 34.8 Å². The Labute approximate surface area is 137 Å². The van der Waals surface area contributed by atoms with Gasteiger partial charge in [-0.05, 0) is 32.4 Å². The minimum Gasteiger partial charge on any atom is -0.324 e. The van der Waals surface area contributed by atoms with Gasteiger partial charge in [-0.1, -0.05) is 29.3 Å². The van der Waals surface area contributed by atoms with E-state index >= 15 is 0 Å². The predicted molar refractivity (Wildman–Crippen MR) is 84.2 cm³/mol. The first-order chi connectivity index (χ1) is 10.1. The first-order valence-corrected chi connectivity index (χ1v) is 7.27. The van der Waals surface area contributed by atoms with Crippen molar-refractivity contribution >= 4 is 46.7 Å². The van der Waals surface area contributed by atoms with Gasteiger partial charge in [-0.2, -0.15) is 0 Å². The summed E-state index contributed by atoms with van der Waals surface area (Å²) in [4.78, 5) is 36.7. The molecule has 0 aliphatic carbocycles. The summed E-state index contributed by atoms with van der Waals surface area (Å²) in [5, 5.41) is 5.63. The Balaban J connectivity index is 2.14. The van der Waals surface area contributed by atoms with Crippen LogP contribution in [0.2, 0.25) is 10.0 Å². The number of amides is 4. The Morgan fingerprint density at radius 2 is 1.95 bits per heavy atom. The van der Waals surface area contributed by atoms with E-state index in [1.54, 1.807) is 32.9 Å². The van der Waals surface area contributed by atoms with Gasteiger partial charge in [-0.15, -0.1) is 0 Å². The van der Waals surface area contributed by atoms with Crippen molar-refractivity contribution in [3.63, 3.8) is 0 Å². The molecule has 22 heavy (non-hydrogen) atoms. The van der Waals surface area contributed by atoms with Gasteiger partial charge in [0.1, 0.15) is 12.1 Å². The van der Waals surface area contributed by atoms with Crippen LogP contribution < -0.4 is 10.6 Å². The van der Waals surface area contributed by atoms with Crippen LogP contribution in [0.25, 0.3) is 0 Å². The van der Waals surface area contributed by atoms with Crippen LogP contribution in [0.5, 0.6) is 0 Å². The average Bonchev–Trinajstić information content (AvgIpc) is 2.61. The van der Waals surface area contributed by atoms with E-state index in [1.807, 2.05) is 0 Å². The molecule has 1 aliphatic heterocycles. The van der Waals surface area contributed by atoms with Gasteiger partial charge in [0.05, 0.1) is 15.7 Å². The molecule has 1 aromatic carbocycles. The van der Waals surface area contributed by atoms with Crippen molar-refractivity contribution in [1.29, 1.82) is 0 Å². The molecule has 0 saturated carbocycles. The zero-order valence-corrected chi connectivity index (χ0v) is 13.8. The average molecular weight is 344 g/mol. The number of carbonyl (C=O) groups is 3. The second-order valence-electron chi connectivity index (χ2n) is 5.55. The minimum absolute atomic E-state index is 0.264. The zero-order valence-electron chi connectivity index (χ0n) is 12.3. The smallest absolute Gasteiger partial charge is 0.324 e. The Morgan fingerprint density at radius 3 is 2.50 bits per heavy atom. The standard InChI is InChI=1S/C14H15Cl2N3O3/c1-7-4-5-8(15)11(10(7)16)17-9(20)6-19-12(21)14(2,3)18-13(19)22/h4-5H,6H2,1-3H3,(H,17,20)(H,18,22). The fourth-order valence-corrected chi connectivity index (χ4v) is 2.52. The van der Waals surface area contributed by atoms with E-state index in [0.29, 0.717) is 5.02 Å². The maximum atomic E-state index is 12.1. The number of nitrogens with zero attached hydrogens (tertiary/aromatic N) is 1. The summed E-state index contributed by atoms with van der Waals surface area (Å²) in [6.07, 6.45) is 0. The van der Waals surface area contributed by atoms with E-state index in [4.69, 9.17) is 23.2 Å². The lowest BCUT2D eigenvalue weighted by atomic mass is 10.1. The molecule has 0 aromatic heterocycles. The SMILES string of the molecule is Cc1ccc(Cl)c(NC(=O)CN2C(=O)NC(C)(C)C2=O)c1Cl. The second-order valence-corrected chi connectivity index (χ2v) is 6.33. The lowest BCUT2D eigenvalue weighted by Gasteiger charge is -2.16. The highest BCUT2D eigenvalue weighted by Crippen LogP contribution is 2.32. The van der Waals surface area contributed by atoms with Gasteiger partial charge in [0.15, 0.2) is 0 Å². The Hall–Kier alpha value is -1.79. The number of nitrogens with one attached hydrogen (secondary N) is 2. The van der Waals surface area contributed by atoms with Crippen molar-refractivity contribution in [3.8, 4) is 0 Å². The topological polar surface area (TPSA) is 78.5 Å². The van der Waals surface area contributed by atoms with Crippen LogP contribution in [0, 0.1) is 6.92 Å². The molecule has 8 heteroatoms. The number of halogens is 2. The number of imide groups is 1. The molecular weight excluding hydrogens is 329 g/mol. The normalized spacial score (nSPS) is 16.7.